The summed E-state index contributed by atoms with van der Waals surface area (Å²) in [5, 5.41) is 19.7. The van der Waals surface area contributed by atoms with Gasteiger partial charge >= 0.3 is 0 Å². The summed E-state index contributed by atoms with van der Waals surface area (Å²) in [5.41, 5.74) is 3.25. The van der Waals surface area contributed by atoms with Crippen LogP contribution in [0.3, 0.4) is 0 Å². The minimum Gasteiger partial charge on any atom is -0.505 e. The molecule has 0 saturated heterocycles. The highest BCUT2D eigenvalue weighted by molar-refractivity contribution is 7.92. The van der Waals surface area contributed by atoms with Crippen molar-refractivity contribution in [2.24, 2.45) is 0 Å². The number of phenolic OH excluding ortho intramolecular Hbond substituents is 1. The standard InChI is InChI=1S/C28H26N8O4S/c1-16-12-13-35-23(16)28(38)36(18-8-5-4-6-9-18)27(33-35)17(2)32-26-22-20(14-29-25(22)30-15-31-26)19-10-7-11-21(24(19)37)34-41(3,39)40/h4-15,17,34,37H,1-3H3,(H2,29,30,31,32). The molecule has 6 aromatic rings. The Hall–Kier alpha value is -5.17. The topological polar surface area (TPSA) is 159 Å². The normalized spacial score (nSPS) is 12.6. The molecule has 0 spiro atoms. The number of aryl methyl sites for hydroxylation is 1. The summed E-state index contributed by atoms with van der Waals surface area (Å²) in [5.74, 6) is 0.641. The lowest BCUT2D eigenvalue weighted by Gasteiger charge is -2.20. The Morgan fingerprint density at radius 1 is 1.02 bits per heavy atom. The first-order valence-corrected chi connectivity index (χ1v) is 14.6. The molecule has 1 unspecified atom stereocenters. The third-order valence-electron chi connectivity index (χ3n) is 6.76. The second-order valence-electron chi connectivity index (χ2n) is 9.72. The Bertz CT molecular complexity index is 2100. The van der Waals surface area contributed by atoms with Gasteiger partial charge in [0.1, 0.15) is 29.1 Å². The molecule has 0 radical (unpaired) electrons. The highest BCUT2D eigenvalue weighted by Crippen LogP contribution is 2.41. The van der Waals surface area contributed by atoms with Gasteiger partial charge in [-0.2, -0.15) is 5.10 Å². The van der Waals surface area contributed by atoms with E-state index in [2.05, 4.69) is 25.0 Å². The third kappa shape index (κ3) is 4.65. The molecule has 0 aliphatic rings. The number of aromatic nitrogens is 6. The van der Waals surface area contributed by atoms with E-state index in [1.807, 2.05) is 50.2 Å². The Labute approximate surface area is 234 Å². The molecule has 4 aromatic heterocycles. The molecule has 6 rings (SSSR count). The zero-order chi connectivity index (χ0) is 28.9. The van der Waals surface area contributed by atoms with E-state index in [1.165, 1.54) is 12.4 Å². The van der Waals surface area contributed by atoms with Crippen molar-refractivity contribution in [1.29, 1.82) is 0 Å². The van der Waals surface area contributed by atoms with Crippen molar-refractivity contribution in [3.05, 3.63) is 95.1 Å². The van der Waals surface area contributed by atoms with Crippen LogP contribution in [0.5, 0.6) is 5.75 Å². The minimum atomic E-state index is -3.62. The van der Waals surface area contributed by atoms with Gasteiger partial charge in [-0.05, 0) is 43.7 Å². The van der Waals surface area contributed by atoms with Crippen LogP contribution in [0.4, 0.5) is 11.5 Å². The number of rotatable bonds is 7. The number of phenols is 1. The van der Waals surface area contributed by atoms with Crippen LogP contribution >= 0.6 is 0 Å². The SMILES string of the molecule is Cc1ccn2nc(C(C)Nc3ncnc4[nH]cc(-c5cccc(NS(C)(=O)=O)c5O)c34)n(-c3ccccc3)c(=O)c12. The lowest BCUT2D eigenvalue weighted by atomic mass is 10.0. The molecule has 0 amide bonds. The Kier molecular flexibility index (Phi) is 6.22. The molecule has 13 heteroatoms. The van der Waals surface area contributed by atoms with Crippen molar-refractivity contribution < 1.29 is 13.5 Å². The molecular weight excluding hydrogens is 544 g/mol. The van der Waals surface area contributed by atoms with Gasteiger partial charge in [-0.3, -0.25) is 14.1 Å². The fraction of sp³-hybridized carbons (Fsp3) is 0.143. The molecule has 0 aliphatic carbocycles. The molecule has 0 bridgehead atoms. The Balaban J connectivity index is 1.48. The van der Waals surface area contributed by atoms with Crippen molar-refractivity contribution in [1.82, 2.24) is 29.1 Å². The molecule has 0 saturated carbocycles. The second kappa shape index (κ2) is 9.78. The smallest absolute Gasteiger partial charge is 0.282 e. The first-order chi connectivity index (χ1) is 19.6. The number of aromatic hydroxyl groups is 1. The van der Waals surface area contributed by atoms with E-state index in [0.717, 1.165) is 11.8 Å². The van der Waals surface area contributed by atoms with Gasteiger partial charge in [0.25, 0.3) is 5.56 Å². The maximum absolute atomic E-state index is 13.7. The van der Waals surface area contributed by atoms with Crippen molar-refractivity contribution in [3.63, 3.8) is 0 Å². The average molecular weight is 571 g/mol. The van der Waals surface area contributed by atoms with Crippen LogP contribution in [0.1, 0.15) is 24.4 Å². The van der Waals surface area contributed by atoms with Crippen LogP contribution in [-0.2, 0) is 10.0 Å². The number of hydrogen-bond donors (Lipinski definition) is 4. The lowest BCUT2D eigenvalue weighted by molar-refractivity contribution is 0.479. The highest BCUT2D eigenvalue weighted by atomic mass is 32.2. The number of anilines is 2. The molecule has 4 heterocycles. The van der Waals surface area contributed by atoms with Crippen LogP contribution in [-0.4, -0.2) is 48.9 Å². The van der Waals surface area contributed by atoms with Gasteiger partial charge in [0.05, 0.1) is 29.1 Å². The molecule has 0 fully saturated rings. The number of sulfonamides is 1. The molecule has 12 nitrogen and oxygen atoms in total. The van der Waals surface area contributed by atoms with Gasteiger partial charge in [-0.15, -0.1) is 0 Å². The number of nitrogens with one attached hydrogen (secondary N) is 3. The van der Waals surface area contributed by atoms with E-state index >= 15 is 0 Å². The van der Waals surface area contributed by atoms with Crippen LogP contribution in [0.15, 0.2) is 78.1 Å². The van der Waals surface area contributed by atoms with Gasteiger partial charge in [0.15, 0.2) is 5.82 Å². The number of aromatic amines is 1. The fourth-order valence-corrected chi connectivity index (χ4v) is 5.50. The summed E-state index contributed by atoms with van der Waals surface area (Å²) in [6.45, 7) is 3.74. The monoisotopic (exact) mass is 570 g/mol. The van der Waals surface area contributed by atoms with E-state index < -0.39 is 16.1 Å². The Morgan fingerprint density at radius 2 is 1.80 bits per heavy atom. The van der Waals surface area contributed by atoms with Crippen LogP contribution in [0.25, 0.3) is 33.4 Å². The molecule has 1 atom stereocenters. The van der Waals surface area contributed by atoms with E-state index in [-0.39, 0.29) is 17.0 Å². The van der Waals surface area contributed by atoms with Crippen LogP contribution < -0.4 is 15.6 Å². The molecular formula is C28H26N8O4S. The number of hydrogen-bond acceptors (Lipinski definition) is 8. The summed E-state index contributed by atoms with van der Waals surface area (Å²) >= 11 is 0. The Morgan fingerprint density at radius 3 is 2.56 bits per heavy atom. The third-order valence-corrected chi connectivity index (χ3v) is 7.35. The van der Waals surface area contributed by atoms with Crippen molar-refractivity contribution in [2.75, 3.05) is 16.3 Å². The molecule has 208 valence electrons. The van der Waals surface area contributed by atoms with Gasteiger partial charge in [-0.25, -0.2) is 22.9 Å². The van der Waals surface area contributed by atoms with E-state index in [1.54, 1.807) is 33.6 Å². The molecule has 41 heavy (non-hydrogen) atoms. The number of fused-ring (bicyclic) bond motifs is 2. The largest absolute Gasteiger partial charge is 0.505 e. The van der Waals surface area contributed by atoms with Crippen LogP contribution in [0.2, 0.25) is 0 Å². The maximum atomic E-state index is 13.7. The highest BCUT2D eigenvalue weighted by Gasteiger charge is 2.23. The summed E-state index contributed by atoms with van der Waals surface area (Å²) in [7, 11) is -3.62. The molecule has 0 aliphatic heterocycles. The van der Waals surface area contributed by atoms with E-state index in [0.29, 0.717) is 45.0 Å². The quantitative estimate of drug-likeness (QED) is 0.210. The molecule has 4 N–H and O–H groups in total. The number of H-pyrrole nitrogens is 1. The second-order valence-corrected chi connectivity index (χ2v) is 11.5. The van der Waals surface area contributed by atoms with Gasteiger partial charge in [0.2, 0.25) is 10.0 Å². The predicted molar refractivity (Wildman–Crippen MR) is 157 cm³/mol. The fourth-order valence-electron chi connectivity index (χ4n) is 4.94. The van der Waals surface area contributed by atoms with Crippen molar-refractivity contribution >= 4 is 38.1 Å². The lowest BCUT2D eigenvalue weighted by Crippen LogP contribution is -2.29. The van der Waals surface area contributed by atoms with Gasteiger partial charge < -0.3 is 15.4 Å². The minimum absolute atomic E-state index is 0.0467. The van der Waals surface area contributed by atoms with Crippen LogP contribution in [0, 0.1) is 6.92 Å². The zero-order valence-electron chi connectivity index (χ0n) is 22.3. The predicted octanol–water partition coefficient (Wildman–Crippen LogP) is 3.98. The first-order valence-electron chi connectivity index (χ1n) is 12.7. The van der Waals surface area contributed by atoms with Gasteiger partial charge in [-0.1, -0.05) is 30.3 Å². The number of para-hydroxylation sites is 2. The van der Waals surface area contributed by atoms with Crippen molar-refractivity contribution in [2.45, 2.75) is 19.9 Å². The van der Waals surface area contributed by atoms with Crippen molar-refractivity contribution in [3.8, 4) is 22.6 Å². The summed E-state index contributed by atoms with van der Waals surface area (Å²) in [4.78, 5) is 25.6. The van der Waals surface area contributed by atoms with E-state index in [9.17, 15) is 18.3 Å². The van der Waals surface area contributed by atoms with Gasteiger partial charge in [0, 0.05) is 23.5 Å². The maximum Gasteiger partial charge on any atom is 0.282 e. The summed E-state index contributed by atoms with van der Waals surface area (Å²) < 4.78 is 29.1. The number of nitrogens with zero attached hydrogens (tertiary/aromatic N) is 5. The van der Waals surface area contributed by atoms with E-state index in [4.69, 9.17) is 5.10 Å². The number of benzene rings is 2. The average Bonchev–Trinajstić information content (AvgIpc) is 3.54. The zero-order valence-corrected chi connectivity index (χ0v) is 23.1. The summed E-state index contributed by atoms with van der Waals surface area (Å²) in [6, 6.07) is 15.4. The summed E-state index contributed by atoms with van der Waals surface area (Å²) in [6.07, 6.45) is 5.83. The molecule has 2 aromatic carbocycles. The first kappa shape index (κ1) is 26.1.